The Morgan fingerprint density at radius 3 is 2.88 bits per heavy atom. The molecule has 1 fully saturated rings. The Hall–Kier alpha value is -1.88. The van der Waals surface area contributed by atoms with Crippen LogP contribution in [0.2, 0.25) is 0 Å². The number of nitrogens with zero attached hydrogens (tertiary/aromatic N) is 2. The first kappa shape index (κ1) is 17.9. The van der Waals surface area contributed by atoms with Gasteiger partial charge in [0.05, 0.1) is 6.04 Å². The Kier molecular flexibility index (Phi) is 5.13. The lowest BCUT2D eigenvalue weighted by molar-refractivity contribution is -0.122. The van der Waals surface area contributed by atoms with Crippen molar-refractivity contribution in [2.24, 2.45) is 0 Å². The highest BCUT2D eigenvalue weighted by Gasteiger charge is 2.28. The quantitative estimate of drug-likeness (QED) is 0.898. The molecule has 0 saturated carbocycles. The molecule has 136 valence electrons. The molecule has 1 aromatic carbocycles. The summed E-state index contributed by atoms with van der Waals surface area (Å²) in [4.78, 5) is 19.6. The SMILES string of the molecule is CCCN1CCCCC1C(=O)Nc1ccc2oc(C(C)(C)C)nc2c1. The molecule has 1 atom stereocenters. The summed E-state index contributed by atoms with van der Waals surface area (Å²) >= 11 is 0. The zero-order chi connectivity index (χ0) is 18.0. The van der Waals surface area contributed by atoms with Gasteiger partial charge in [-0.3, -0.25) is 9.69 Å². The highest BCUT2D eigenvalue weighted by atomic mass is 16.3. The van der Waals surface area contributed by atoms with Crippen LogP contribution in [-0.2, 0) is 10.2 Å². The average Bonchev–Trinajstić information content (AvgIpc) is 2.99. The van der Waals surface area contributed by atoms with Crippen molar-refractivity contribution in [1.82, 2.24) is 9.88 Å². The first-order valence-electron chi connectivity index (χ1n) is 9.34. The molecule has 5 heteroatoms. The molecule has 0 radical (unpaired) electrons. The lowest BCUT2D eigenvalue weighted by Gasteiger charge is -2.34. The maximum atomic E-state index is 12.8. The molecule has 1 unspecified atom stereocenters. The van der Waals surface area contributed by atoms with Crippen LogP contribution in [0.3, 0.4) is 0 Å². The first-order valence-corrected chi connectivity index (χ1v) is 9.34. The van der Waals surface area contributed by atoms with Crippen LogP contribution in [0.5, 0.6) is 0 Å². The topological polar surface area (TPSA) is 58.4 Å². The second kappa shape index (κ2) is 7.16. The number of hydrogen-bond acceptors (Lipinski definition) is 4. The Bertz CT molecular complexity index is 743. The highest BCUT2D eigenvalue weighted by molar-refractivity contribution is 5.96. The molecule has 2 heterocycles. The van der Waals surface area contributed by atoms with Gasteiger partial charge in [0.25, 0.3) is 0 Å². The molecule has 2 aromatic rings. The minimum atomic E-state index is -0.134. The lowest BCUT2D eigenvalue weighted by atomic mass is 9.97. The fourth-order valence-electron chi connectivity index (χ4n) is 3.39. The third kappa shape index (κ3) is 4.03. The monoisotopic (exact) mass is 343 g/mol. The van der Waals surface area contributed by atoms with Gasteiger partial charge in [-0.05, 0) is 50.6 Å². The normalized spacial score (nSPS) is 19.3. The molecule has 1 saturated heterocycles. The molecule has 0 aliphatic carbocycles. The van der Waals surface area contributed by atoms with Crippen molar-refractivity contribution in [2.75, 3.05) is 18.4 Å². The predicted octanol–water partition coefficient (Wildman–Crippen LogP) is 4.33. The largest absolute Gasteiger partial charge is 0.440 e. The number of carbonyl (C=O) groups excluding carboxylic acids is 1. The number of oxazole rings is 1. The minimum Gasteiger partial charge on any atom is -0.440 e. The molecule has 1 aromatic heterocycles. The number of hydrogen-bond donors (Lipinski definition) is 1. The van der Waals surface area contributed by atoms with Gasteiger partial charge >= 0.3 is 0 Å². The molecular weight excluding hydrogens is 314 g/mol. The average molecular weight is 343 g/mol. The number of anilines is 1. The Morgan fingerprint density at radius 1 is 1.36 bits per heavy atom. The van der Waals surface area contributed by atoms with Crippen LogP contribution in [0.15, 0.2) is 22.6 Å². The summed E-state index contributed by atoms with van der Waals surface area (Å²) in [5.41, 5.74) is 2.20. The molecule has 1 amide bonds. The second-order valence-corrected chi connectivity index (χ2v) is 7.99. The van der Waals surface area contributed by atoms with E-state index in [1.165, 1.54) is 6.42 Å². The van der Waals surface area contributed by atoms with Crippen molar-refractivity contribution in [3.63, 3.8) is 0 Å². The van der Waals surface area contributed by atoms with Crippen molar-refractivity contribution in [2.45, 2.75) is 64.8 Å². The Balaban J connectivity index is 1.76. The maximum Gasteiger partial charge on any atom is 0.241 e. The van der Waals surface area contributed by atoms with E-state index in [0.717, 1.165) is 49.1 Å². The number of likely N-dealkylation sites (tertiary alicyclic amines) is 1. The summed E-state index contributed by atoms with van der Waals surface area (Å²) in [5, 5.41) is 3.08. The van der Waals surface area contributed by atoms with E-state index in [2.05, 4.69) is 42.9 Å². The summed E-state index contributed by atoms with van der Waals surface area (Å²) in [6, 6.07) is 5.66. The lowest BCUT2D eigenvalue weighted by Crippen LogP contribution is -2.47. The van der Waals surface area contributed by atoms with E-state index in [-0.39, 0.29) is 17.4 Å². The Morgan fingerprint density at radius 2 is 2.16 bits per heavy atom. The third-order valence-corrected chi connectivity index (χ3v) is 4.72. The van der Waals surface area contributed by atoms with Gasteiger partial charge in [0, 0.05) is 11.1 Å². The van der Waals surface area contributed by atoms with E-state index in [9.17, 15) is 4.79 Å². The van der Waals surface area contributed by atoms with Crippen molar-refractivity contribution < 1.29 is 9.21 Å². The minimum absolute atomic E-state index is 0.0214. The van der Waals surface area contributed by atoms with Crippen molar-refractivity contribution >= 4 is 22.7 Å². The number of rotatable bonds is 4. The number of fused-ring (bicyclic) bond motifs is 1. The molecule has 1 aliphatic heterocycles. The van der Waals surface area contributed by atoms with Crippen LogP contribution in [0.4, 0.5) is 5.69 Å². The maximum absolute atomic E-state index is 12.8. The molecule has 1 aliphatic rings. The number of aromatic nitrogens is 1. The van der Waals surface area contributed by atoms with E-state index in [1.807, 2.05) is 18.2 Å². The summed E-state index contributed by atoms with van der Waals surface area (Å²) in [5.74, 6) is 0.805. The standard InChI is InChI=1S/C20H29N3O2/c1-5-11-23-12-7-6-8-16(23)18(24)21-14-9-10-17-15(13-14)22-19(25-17)20(2,3)4/h9-10,13,16H,5-8,11-12H2,1-4H3,(H,21,24). The number of benzene rings is 1. The summed E-state index contributed by atoms with van der Waals surface area (Å²) in [7, 11) is 0. The highest BCUT2D eigenvalue weighted by Crippen LogP contribution is 2.27. The summed E-state index contributed by atoms with van der Waals surface area (Å²) in [6.07, 6.45) is 4.32. The van der Waals surface area contributed by atoms with Crippen LogP contribution < -0.4 is 5.32 Å². The molecule has 5 nitrogen and oxygen atoms in total. The summed E-state index contributed by atoms with van der Waals surface area (Å²) < 4.78 is 5.83. The van der Waals surface area contributed by atoms with E-state index in [4.69, 9.17) is 4.42 Å². The van der Waals surface area contributed by atoms with Crippen molar-refractivity contribution in [3.05, 3.63) is 24.1 Å². The van der Waals surface area contributed by atoms with Crippen LogP contribution in [0.25, 0.3) is 11.1 Å². The van der Waals surface area contributed by atoms with Gasteiger partial charge in [-0.2, -0.15) is 0 Å². The second-order valence-electron chi connectivity index (χ2n) is 7.99. The number of amides is 1. The van der Waals surface area contributed by atoms with Crippen molar-refractivity contribution in [1.29, 1.82) is 0 Å². The van der Waals surface area contributed by atoms with Gasteiger partial charge in [0.2, 0.25) is 11.8 Å². The van der Waals surface area contributed by atoms with E-state index < -0.39 is 0 Å². The van der Waals surface area contributed by atoms with E-state index >= 15 is 0 Å². The van der Waals surface area contributed by atoms with E-state index in [0.29, 0.717) is 5.89 Å². The van der Waals surface area contributed by atoms with Gasteiger partial charge in [-0.1, -0.05) is 34.1 Å². The van der Waals surface area contributed by atoms with E-state index in [1.54, 1.807) is 0 Å². The van der Waals surface area contributed by atoms with Gasteiger partial charge in [-0.15, -0.1) is 0 Å². The number of piperidine rings is 1. The first-order chi connectivity index (χ1) is 11.9. The number of carbonyl (C=O) groups is 1. The zero-order valence-electron chi connectivity index (χ0n) is 15.8. The van der Waals surface area contributed by atoms with Crippen molar-refractivity contribution in [3.8, 4) is 0 Å². The van der Waals surface area contributed by atoms with Gasteiger partial charge in [0.1, 0.15) is 5.52 Å². The fourth-order valence-corrected chi connectivity index (χ4v) is 3.39. The van der Waals surface area contributed by atoms with Crippen LogP contribution >= 0.6 is 0 Å². The molecule has 0 bridgehead atoms. The molecule has 3 rings (SSSR count). The van der Waals surface area contributed by atoms with Gasteiger partial charge in [-0.25, -0.2) is 4.98 Å². The molecule has 25 heavy (non-hydrogen) atoms. The smallest absolute Gasteiger partial charge is 0.241 e. The van der Waals surface area contributed by atoms with Gasteiger partial charge < -0.3 is 9.73 Å². The summed E-state index contributed by atoms with van der Waals surface area (Å²) in [6.45, 7) is 10.4. The van der Waals surface area contributed by atoms with Crippen LogP contribution in [0.1, 0.15) is 59.3 Å². The molecule has 1 N–H and O–H groups in total. The Labute approximate surface area is 149 Å². The fraction of sp³-hybridized carbons (Fsp3) is 0.600. The van der Waals surface area contributed by atoms with Gasteiger partial charge in [0.15, 0.2) is 5.58 Å². The van der Waals surface area contributed by atoms with Crippen LogP contribution in [-0.4, -0.2) is 34.9 Å². The van der Waals surface area contributed by atoms with Crippen LogP contribution in [0, 0.1) is 0 Å². The third-order valence-electron chi connectivity index (χ3n) is 4.72. The molecular formula is C20H29N3O2. The predicted molar refractivity (Wildman–Crippen MR) is 101 cm³/mol. The molecule has 0 spiro atoms. The number of nitrogens with one attached hydrogen (secondary N) is 1. The zero-order valence-corrected chi connectivity index (χ0v) is 15.8.